The number of rotatable bonds is 2. The van der Waals surface area contributed by atoms with E-state index in [4.69, 9.17) is 21.8 Å². The monoisotopic (exact) mass is 273 g/mol. The molecular weight excluding hydrogens is 262 g/mol. The van der Waals surface area contributed by atoms with Gasteiger partial charge in [0.05, 0.1) is 17.5 Å². The Bertz CT molecular complexity index is 716. The van der Waals surface area contributed by atoms with Crippen LogP contribution in [0.1, 0.15) is 5.56 Å². The summed E-state index contributed by atoms with van der Waals surface area (Å²) in [4.78, 5) is 0. The standard InChI is InChI=1S/C14H12ClN3O/c1-9-12(11-7-8-19-13(11)15)17-18(14(9)16)10-5-3-2-4-6-10/h2-8H,16H2,1H3. The second-order valence-corrected chi connectivity index (χ2v) is 4.56. The summed E-state index contributed by atoms with van der Waals surface area (Å²) in [5.74, 6) is 0.596. The molecule has 19 heavy (non-hydrogen) atoms. The molecule has 0 fully saturated rings. The molecule has 0 saturated carbocycles. The summed E-state index contributed by atoms with van der Waals surface area (Å²) in [5, 5.41) is 4.85. The van der Waals surface area contributed by atoms with Gasteiger partial charge in [0.15, 0.2) is 0 Å². The van der Waals surface area contributed by atoms with Gasteiger partial charge in [-0.2, -0.15) is 5.10 Å². The molecule has 0 atom stereocenters. The van der Waals surface area contributed by atoms with Crippen molar-refractivity contribution in [2.75, 3.05) is 5.73 Å². The minimum atomic E-state index is 0.320. The van der Waals surface area contributed by atoms with Crippen LogP contribution in [0.15, 0.2) is 47.1 Å². The van der Waals surface area contributed by atoms with Crippen LogP contribution in [-0.4, -0.2) is 9.78 Å². The Morgan fingerprint density at radius 3 is 2.58 bits per heavy atom. The number of hydrogen-bond donors (Lipinski definition) is 1. The molecule has 0 radical (unpaired) electrons. The third-order valence-electron chi connectivity index (χ3n) is 3.04. The number of benzene rings is 1. The molecule has 0 aliphatic rings. The molecule has 96 valence electrons. The Labute approximate surface area is 115 Å². The predicted octanol–water partition coefficient (Wildman–Crippen LogP) is 3.68. The summed E-state index contributed by atoms with van der Waals surface area (Å²) in [6, 6.07) is 11.5. The van der Waals surface area contributed by atoms with Crippen molar-refractivity contribution in [2.24, 2.45) is 0 Å². The van der Waals surface area contributed by atoms with E-state index in [-0.39, 0.29) is 0 Å². The maximum Gasteiger partial charge on any atom is 0.202 e. The maximum absolute atomic E-state index is 6.12. The van der Waals surface area contributed by atoms with Crippen LogP contribution in [0.3, 0.4) is 0 Å². The molecule has 0 bridgehead atoms. The Morgan fingerprint density at radius 1 is 1.21 bits per heavy atom. The van der Waals surface area contributed by atoms with E-state index in [1.54, 1.807) is 10.7 Å². The zero-order valence-corrected chi connectivity index (χ0v) is 11.1. The van der Waals surface area contributed by atoms with E-state index in [0.29, 0.717) is 11.0 Å². The van der Waals surface area contributed by atoms with Crippen LogP contribution in [0.5, 0.6) is 0 Å². The molecule has 0 amide bonds. The molecule has 0 saturated heterocycles. The van der Waals surface area contributed by atoms with Crippen LogP contribution in [-0.2, 0) is 0 Å². The summed E-state index contributed by atoms with van der Waals surface area (Å²) < 4.78 is 6.81. The summed E-state index contributed by atoms with van der Waals surface area (Å²) in [7, 11) is 0. The van der Waals surface area contributed by atoms with E-state index in [2.05, 4.69) is 5.10 Å². The number of para-hydroxylation sites is 1. The Hall–Kier alpha value is -2.20. The van der Waals surface area contributed by atoms with Crippen LogP contribution in [0.2, 0.25) is 5.22 Å². The quantitative estimate of drug-likeness (QED) is 0.775. The summed E-state index contributed by atoms with van der Waals surface area (Å²) in [6.45, 7) is 1.92. The van der Waals surface area contributed by atoms with Gasteiger partial charge in [-0.25, -0.2) is 4.68 Å². The molecule has 0 unspecified atom stereocenters. The molecule has 3 aromatic rings. The van der Waals surface area contributed by atoms with Crippen LogP contribution in [0.25, 0.3) is 16.9 Å². The normalized spacial score (nSPS) is 10.8. The van der Waals surface area contributed by atoms with Gasteiger partial charge in [0.2, 0.25) is 5.22 Å². The lowest BCUT2D eigenvalue weighted by Gasteiger charge is -2.02. The number of nitrogens with zero attached hydrogens (tertiary/aromatic N) is 2. The zero-order chi connectivity index (χ0) is 13.4. The first-order valence-electron chi connectivity index (χ1n) is 5.82. The Balaban J connectivity index is 2.18. The third-order valence-corrected chi connectivity index (χ3v) is 3.33. The van der Waals surface area contributed by atoms with Crippen molar-refractivity contribution in [3.05, 3.63) is 53.4 Å². The van der Waals surface area contributed by atoms with Gasteiger partial charge in [0.25, 0.3) is 0 Å². The smallest absolute Gasteiger partial charge is 0.202 e. The highest BCUT2D eigenvalue weighted by Gasteiger charge is 2.18. The molecule has 0 aliphatic heterocycles. The average Bonchev–Trinajstić information content (AvgIpc) is 2.97. The largest absolute Gasteiger partial charge is 0.452 e. The molecule has 4 nitrogen and oxygen atoms in total. The van der Waals surface area contributed by atoms with Crippen LogP contribution < -0.4 is 5.73 Å². The first kappa shape index (κ1) is 11.9. The SMILES string of the molecule is Cc1c(-c2ccoc2Cl)nn(-c2ccccc2)c1N. The van der Waals surface area contributed by atoms with Crippen LogP contribution in [0, 0.1) is 6.92 Å². The van der Waals surface area contributed by atoms with E-state index < -0.39 is 0 Å². The van der Waals surface area contributed by atoms with Gasteiger partial charge in [0, 0.05) is 5.56 Å². The zero-order valence-electron chi connectivity index (χ0n) is 10.3. The molecule has 3 rings (SSSR count). The highest BCUT2D eigenvalue weighted by atomic mass is 35.5. The number of nitrogen functional groups attached to an aromatic ring is 1. The third kappa shape index (κ3) is 1.90. The van der Waals surface area contributed by atoms with Gasteiger partial charge in [-0.05, 0) is 36.7 Å². The lowest BCUT2D eigenvalue weighted by Crippen LogP contribution is -2.01. The van der Waals surface area contributed by atoms with Crippen LogP contribution >= 0.6 is 11.6 Å². The van der Waals surface area contributed by atoms with Crippen molar-refractivity contribution in [3.8, 4) is 16.9 Å². The molecule has 5 heteroatoms. The lowest BCUT2D eigenvalue weighted by molar-refractivity contribution is 0.570. The highest BCUT2D eigenvalue weighted by molar-refractivity contribution is 6.31. The van der Waals surface area contributed by atoms with Crippen molar-refractivity contribution < 1.29 is 4.42 Å². The first-order valence-corrected chi connectivity index (χ1v) is 6.20. The molecule has 0 aliphatic carbocycles. The molecule has 2 heterocycles. The van der Waals surface area contributed by atoms with Crippen molar-refractivity contribution >= 4 is 17.4 Å². The highest BCUT2D eigenvalue weighted by Crippen LogP contribution is 2.33. The van der Waals surface area contributed by atoms with Gasteiger partial charge in [-0.15, -0.1) is 0 Å². The lowest BCUT2D eigenvalue weighted by atomic mass is 10.1. The van der Waals surface area contributed by atoms with E-state index >= 15 is 0 Å². The van der Waals surface area contributed by atoms with Crippen molar-refractivity contribution in [1.82, 2.24) is 9.78 Å². The van der Waals surface area contributed by atoms with Gasteiger partial charge in [0.1, 0.15) is 11.5 Å². The number of halogens is 1. The summed E-state index contributed by atoms with van der Waals surface area (Å²) in [5.41, 5.74) is 9.40. The number of nitrogens with two attached hydrogens (primary N) is 1. The van der Waals surface area contributed by atoms with Gasteiger partial charge in [-0.1, -0.05) is 18.2 Å². The number of hydrogen-bond acceptors (Lipinski definition) is 3. The maximum atomic E-state index is 6.12. The fourth-order valence-corrected chi connectivity index (χ4v) is 2.20. The molecule has 2 aromatic heterocycles. The van der Waals surface area contributed by atoms with E-state index in [0.717, 1.165) is 22.5 Å². The van der Waals surface area contributed by atoms with Gasteiger partial charge in [-0.3, -0.25) is 0 Å². The Morgan fingerprint density at radius 2 is 1.95 bits per heavy atom. The van der Waals surface area contributed by atoms with Crippen LogP contribution in [0.4, 0.5) is 5.82 Å². The summed E-state index contributed by atoms with van der Waals surface area (Å²) in [6.07, 6.45) is 1.54. The summed E-state index contributed by atoms with van der Waals surface area (Å²) >= 11 is 6.00. The van der Waals surface area contributed by atoms with Crippen molar-refractivity contribution in [2.45, 2.75) is 6.92 Å². The molecular formula is C14H12ClN3O. The Kier molecular flexibility index (Phi) is 2.80. The van der Waals surface area contributed by atoms with E-state index in [1.165, 1.54) is 6.26 Å². The van der Waals surface area contributed by atoms with Gasteiger partial charge >= 0.3 is 0 Å². The first-order chi connectivity index (χ1) is 9.18. The number of furan rings is 1. The number of aromatic nitrogens is 2. The second-order valence-electron chi connectivity index (χ2n) is 4.21. The van der Waals surface area contributed by atoms with E-state index in [9.17, 15) is 0 Å². The van der Waals surface area contributed by atoms with Gasteiger partial charge < -0.3 is 10.2 Å². The topological polar surface area (TPSA) is 57.0 Å². The average molecular weight is 274 g/mol. The fourth-order valence-electron chi connectivity index (χ4n) is 1.99. The van der Waals surface area contributed by atoms with Crippen molar-refractivity contribution in [3.63, 3.8) is 0 Å². The second kappa shape index (κ2) is 4.48. The van der Waals surface area contributed by atoms with E-state index in [1.807, 2.05) is 37.3 Å². The molecule has 1 aromatic carbocycles. The molecule has 0 spiro atoms. The fraction of sp³-hybridized carbons (Fsp3) is 0.0714. The van der Waals surface area contributed by atoms with Crippen molar-refractivity contribution in [1.29, 1.82) is 0 Å². The predicted molar refractivity (Wildman–Crippen MR) is 75.4 cm³/mol. The number of anilines is 1. The minimum Gasteiger partial charge on any atom is -0.452 e. The molecule has 2 N–H and O–H groups in total. The minimum absolute atomic E-state index is 0.320.